The molecule has 0 saturated heterocycles. The second-order valence-electron chi connectivity index (χ2n) is 2.18. The van der Waals surface area contributed by atoms with Crippen LogP contribution in [0.3, 0.4) is 0 Å². The molecular formula is C9H13NS. The number of nitrogens with zero attached hydrogens (tertiary/aromatic N) is 1. The van der Waals surface area contributed by atoms with Crippen molar-refractivity contribution in [1.82, 2.24) is 0 Å². The second kappa shape index (κ2) is 7.30. The Hall–Kier alpha value is -0.810. The van der Waals surface area contributed by atoms with Crippen LogP contribution in [0.1, 0.15) is 24.6 Å². The summed E-state index contributed by atoms with van der Waals surface area (Å²) in [5.74, 6) is 0. The largest absolute Gasteiger partial charge is 0.202 e. The molecule has 1 nitrogen and oxygen atoms in total. The summed E-state index contributed by atoms with van der Waals surface area (Å²) in [6.07, 6.45) is 3.91. The first-order valence-corrected chi connectivity index (χ1v) is 4.59. The summed E-state index contributed by atoms with van der Waals surface area (Å²) < 4.78 is 0. The summed E-state index contributed by atoms with van der Waals surface area (Å²) in [6, 6.07) is 4.33. The van der Waals surface area contributed by atoms with Gasteiger partial charge < -0.3 is 0 Å². The van der Waals surface area contributed by atoms with Crippen molar-refractivity contribution >= 4 is 11.3 Å². The predicted molar refractivity (Wildman–Crippen MR) is 49.6 cm³/mol. The molecule has 60 valence electrons. The van der Waals surface area contributed by atoms with Crippen LogP contribution >= 0.6 is 11.3 Å². The van der Waals surface area contributed by atoms with Crippen molar-refractivity contribution in [3.8, 4) is 6.57 Å². The van der Waals surface area contributed by atoms with Crippen molar-refractivity contribution in [2.45, 2.75) is 26.2 Å². The molecule has 0 saturated carbocycles. The zero-order valence-corrected chi connectivity index (χ0v) is 7.60. The van der Waals surface area contributed by atoms with Crippen molar-refractivity contribution in [2.75, 3.05) is 0 Å². The first-order valence-electron chi connectivity index (χ1n) is 3.71. The lowest BCUT2D eigenvalue weighted by Gasteiger charge is -1.90. The topological polar surface area (TPSA) is 23.8 Å². The van der Waals surface area contributed by atoms with Crippen molar-refractivity contribution in [3.63, 3.8) is 0 Å². The second-order valence-corrected chi connectivity index (χ2v) is 3.22. The number of thiophene rings is 1. The Kier molecular flexibility index (Phi) is 6.76. The Morgan fingerprint density at radius 2 is 2.27 bits per heavy atom. The molecule has 0 aliphatic heterocycles. The maximum absolute atomic E-state index is 6.50. The predicted octanol–water partition coefficient (Wildman–Crippen LogP) is 3.23. The van der Waals surface area contributed by atoms with Crippen LogP contribution in [0, 0.1) is 11.8 Å². The van der Waals surface area contributed by atoms with Gasteiger partial charge in [-0.05, 0) is 24.3 Å². The average Bonchev–Trinajstić information content (AvgIpc) is 2.57. The van der Waals surface area contributed by atoms with Gasteiger partial charge in [0.2, 0.25) is 0 Å². The van der Waals surface area contributed by atoms with Crippen molar-refractivity contribution in [1.29, 1.82) is 5.26 Å². The molecule has 1 aromatic rings. The van der Waals surface area contributed by atoms with Crippen molar-refractivity contribution in [3.05, 3.63) is 22.4 Å². The molecule has 0 N–H and O–H groups in total. The molecule has 0 amide bonds. The van der Waals surface area contributed by atoms with Gasteiger partial charge in [-0.2, -0.15) is 0 Å². The third-order valence-corrected chi connectivity index (χ3v) is 2.29. The van der Waals surface area contributed by atoms with Crippen LogP contribution in [0.2, 0.25) is 0 Å². The SMILES string of the molecule is C#N.CCCCc1cccs1. The van der Waals surface area contributed by atoms with Gasteiger partial charge >= 0.3 is 0 Å². The summed E-state index contributed by atoms with van der Waals surface area (Å²) in [5, 5.41) is 8.64. The molecule has 0 unspecified atom stereocenters. The Morgan fingerprint density at radius 3 is 2.73 bits per heavy atom. The van der Waals surface area contributed by atoms with E-state index in [0.29, 0.717) is 0 Å². The lowest BCUT2D eigenvalue weighted by atomic mass is 10.2. The molecule has 1 rings (SSSR count). The molecule has 0 aliphatic carbocycles. The van der Waals surface area contributed by atoms with E-state index in [1.54, 1.807) is 0 Å². The van der Waals surface area contributed by atoms with E-state index in [0.717, 1.165) is 0 Å². The summed E-state index contributed by atoms with van der Waals surface area (Å²) in [6.45, 7) is 5.73. The first kappa shape index (κ1) is 10.2. The van der Waals surface area contributed by atoms with E-state index >= 15 is 0 Å². The number of unbranched alkanes of at least 4 members (excludes halogenated alkanes) is 1. The molecule has 0 bridgehead atoms. The Labute approximate surface area is 72.3 Å². The lowest BCUT2D eigenvalue weighted by Crippen LogP contribution is -1.75. The number of aryl methyl sites for hydroxylation is 1. The van der Waals surface area contributed by atoms with E-state index in [1.807, 2.05) is 11.3 Å². The minimum atomic E-state index is 1.27. The van der Waals surface area contributed by atoms with Crippen molar-refractivity contribution in [2.24, 2.45) is 0 Å². The van der Waals surface area contributed by atoms with Crippen LogP contribution in [0.5, 0.6) is 0 Å². The molecule has 0 fully saturated rings. The highest BCUT2D eigenvalue weighted by atomic mass is 32.1. The molecule has 0 radical (unpaired) electrons. The number of nitriles is 1. The summed E-state index contributed by atoms with van der Waals surface area (Å²) in [4.78, 5) is 1.52. The highest BCUT2D eigenvalue weighted by Crippen LogP contribution is 2.11. The van der Waals surface area contributed by atoms with Gasteiger partial charge in [-0.3, -0.25) is 0 Å². The molecule has 0 spiro atoms. The highest BCUT2D eigenvalue weighted by Gasteiger charge is 1.89. The summed E-state index contributed by atoms with van der Waals surface area (Å²) >= 11 is 1.86. The molecule has 1 aromatic heterocycles. The van der Waals surface area contributed by atoms with Crippen molar-refractivity contribution < 1.29 is 0 Å². The fourth-order valence-corrected chi connectivity index (χ4v) is 1.56. The van der Waals surface area contributed by atoms with Gasteiger partial charge in [0.05, 0.1) is 0 Å². The first-order chi connectivity index (χ1) is 5.43. The molecule has 11 heavy (non-hydrogen) atoms. The molecular weight excluding hydrogens is 154 g/mol. The minimum absolute atomic E-state index is 1.27. The highest BCUT2D eigenvalue weighted by molar-refractivity contribution is 7.09. The third kappa shape index (κ3) is 4.58. The number of hydrogen-bond acceptors (Lipinski definition) is 2. The van der Waals surface area contributed by atoms with Gasteiger partial charge in [0.25, 0.3) is 0 Å². The zero-order valence-electron chi connectivity index (χ0n) is 6.79. The van der Waals surface area contributed by atoms with Crippen LogP contribution in [0.15, 0.2) is 17.5 Å². The monoisotopic (exact) mass is 167 g/mol. The van der Waals surface area contributed by atoms with Crippen LogP contribution in [-0.2, 0) is 6.42 Å². The van der Waals surface area contributed by atoms with Gasteiger partial charge in [0.1, 0.15) is 0 Å². The van der Waals surface area contributed by atoms with Crippen LogP contribution in [-0.4, -0.2) is 0 Å². The van der Waals surface area contributed by atoms with E-state index in [1.165, 1.54) is 24.1 Å². The molecule has 1 heterocycles. The Morgan fingerprint density at radius 1 is 1.55 bits per heavy atom. The Bertz CT molecular complexity index is 177. The maximum atomic E-state index is 6.50. The smallest absolute Gasteiger partial charge is 0.0462 e. The van der Waals surface area contributed by atoms with Crippen LogP contribution < -0.4 is 0 Å². The van der Waals surface area contributed by atoms with Crippen LogP contribution in [0.4, 0.5) is 0 Å². The number of hydrogen-bond donors (Lipinski definition) is 0. The van der Waals surface area contributed by atoms with Gasteiger partial charge in [0.15, 0.2) is 0 Å². The van der Waals surface area contributed by atoms with E-state index in [9.17, 15) is 0 Å². The maximum Gasteiger partial charge on any atom is 0.0462 e. The van der Waals surface area contributed by atoms with Gasteiger partial charge in [-0.1, -0.05) is 19.4 Å². The fraction of sp³-hybridized carbons (Fsp3) is 0.444. The van der Waals surface area contributed by atoms with Crippen LogP contribution in [0.25, 0.3) is 0 Å². The van der Waals surface area contributed by atoms with E-state index in [-0.39, 0.29) is 0 Å². The number of rotatable bonds is 3. The van der Waals surface area contributed by atoms with Gasteiger partial charge in [-0.15, -0.1) is 11.3 Å². The van der Waals surface area contributed by atoms with Gasteiger partial charge in [0, 0.05) is 11.4 Å². The molecule has 0 aromatic carbocycles. The standard InChI is InChI=1S/C8H12S.CHN/c1-2-3-5-8-6-4-7-9-8;1-2/h4,6-7H,2-3,5H2,1H3;1H. The zero-order chi connectivity index (χ0) is 8.53. The minimum Gasteiger partial charge on any atom is -0.202 e. The van der Waals surface area contributed by atoms with E-state index in [4.69, 9.17) is 5.26 Å². The summed E-state index contributed by atoms with van der Waals surface area (Å²) in [5.41, 5.74) is 0. The fourth-order valence-electron chi connectivity index (χ4n) is 0.806. The molecule has 0 atom stereocenters. The quantitative estimate of drug-likeness (QED) is 0.678. The average molecular weight is 167 g/mol. The van der Waals surface area contributed by atoms with E-state index in [2.05, 4.69) is 31.0 Å². The van der Waals surface area contributed by atoms with Gasteiger partial charge in [-0.25, -0.2) is 5.26 Å². The summed E-state index contributed by atoms with van der Waals surface area (Å²) in [7, 11) is 0. The molecule has 2 heteroatoms. The third-order valence-electron chi connectivity index (χ3n) is 1.36. The molecule has 0 aliphatic rings. The normalized spacial score (nSPS) is 8.27. The van der Waals surface area contributed by atoms with E-state index < -0.39 is 0 Å². The Balaban J connectivity index is 0.000000461. The lowest BCUT2D eigenvalue weighted by molar-refractivity contribution is 0.804.